The number of esters is 1. The van der Waals surface area contributed by atoms with E-state index in [2.05, 4.69) is 5.32 Å². The van der Waals surface area contributed by atoms with Crippen LogP contribution in [0.25, 0.3) is 0 Å². The maximum atomic E-state index is 13.4. The number of benzene rings is 3. The molecule has 0 aliphatic carbocycles. The Hall–Kier alpha value is -4.86. The average Bonchev–Trinajstić information content (AvgIpc) is 3.20. The number of ether oxygens (including phenoxy) is 2. The molecule has 0 spiro atoms. The van der Waals surface area contributed by atoms with Crippen LogP contribution >= 0.6 is 0 Å². The second-order valence-corrected chi connectivity index (χ2v) is 7.58. The van der Waals surface area contributed by atoms with Gasteiger partial charge in [0.15, 0.2) is 5.78 Å². The number of nitrogens with one attached hydrogen (secondary N) is 1. The summed E-state index contributed by atoms with van der Waals surface area (Å²) in [5.41, 5.74) is -0.154. The normalized spacial score (nSPS) is 14.9. The first-order valence-corrected chi connectivity index (χ1v) is 10.4. The van der Waals surface area contributed by atoms with Crippen molar-refractivity contribution in [1.82, 2.24) is 0 Å². The molecule has 10 nitrogen and oxygen atoms in total. The standard InChI is InChI=1S/C25H18N2O8/c1-34-15-11-12-18(19(13-15)27(32)33)26-24(30)22(29)20(21(28)14-7-3-2-4-8-14)23-16-9-5-6-10-17(16)25(31)35-23/h2-13,20,23H,1H3,(H,26,30)/t20-,23+/m1/s1. The second kappa shape index (κ2) is 9.56. The first-order chi connectivity index (χ1) is 16.8. The van der Waals surface area contributed by atoms with Crippen LogP contribution in [0.15, 0.2) is 72.8 Å². The van der Waals surface area contributed by atoms with Gasteiger partial charge in [-0.3, -0.25) is 24.5 Å². The molecule has 2 atom stereocenters. The smallest absolute Gasteiger partial charge is 0.339 e. The van der Waals surface area contributed by atoms with E-state index in [0.717, 1.165) is 6.07 Å². The summed E-state index contributed by atoms with van der Waals surface area (Å²) in [6.45, 7) is 0. The number of nitrogens with zero attached hydrogens (tertiary/aromatic N) is 1. The quantitative estimate of drug-likeness (QED) is 0.130. The van der Waals surface area contributed by atoms with E-state index < -0.39 is 46.1 Å². The van der Waals surface area contributed by atoms with Crippen molar-refractivity contribution >= 4 is 34.8 Å². The van der Waals surface area contributed by atoms with Gasteiger partial charge in [-0.2, -0.15) is 0 Å². The van der Waals surface area contributed by atoms with Crippen molar-refractivity contribution in [2.24, 2.45) is 5.92 Å². The van der Waals surface area contributed by atoms with E-state index in [0.29, 0.717) is 5.56 Å². The van der Waals surface area contributed by atoms with Crippen LogP contribution in [-0.2, 0) is 14.3 Å². The SMILES string of the molecule is COc1ccc(NC(=O)C(=O)[C@@H](C(=O)c2ccccc2)[C@H]2OC(=O)c3ccccc32)c([N+](=O)[O-])c1. The first kappa shape index (κ1) is 23.3. The number of ketones is 2. The summed E-state index contributed by atoms with van der Waals surface area (Å²) in [5.74, 6) is -5.47. The van der Waals surface area contributed by atoms with Gasteiger partial charge in [0.1, 0.15) is 23.5 Å². The molecular formula is C25H18N2O8. The number of hydrogen-bond acceptors (Lipinski definition) is 8. The molecule has 35 heavy (non-hydrogen) atoms. The van der Waals surface area contributed by atoms with Crippen LogP contribution in [0, 0.1) is 16.0 Å². The van der Waals surface area contributed by atoms with Gasteiger partial charge in [0.25, 0.3) is 11.6 Å². The van der Waals surface area contributed by atoms with Crippen LogP contribution in [0.2, 0.25) is 0 Å². The van der Waals surface area contributed by atoms with Gasteiger partial charge in [-0.15, -0.1) is 0 Å². The zero-order valence-electron chi connectivity index (χ0n) is 18.3. The molecule has 3 aromatic rings. The zero-order valence-corrected chi connectivity index (χ0v) is 18.3. The lowest BCUT2D eigenvalue weighted by Crippen LogP contribution is -2.38. The van der Waals surface area contributed by atoms with Crippen molar-refractivity contribution in [3.8, 4) is 5.75 Å². The molecule has 1 heterocycles. The minimum atomic E-state index is -1.71. The van der Waals surface area contributed by atoms with Crippen LogP contribution in [0.4, 0.5) is 11.4 Å². The number of rotatable bonds is 8. The van der Waals surface area contributed by atoms with Crippen LogP contribution in [0.5, 0.6) is 5.75 Å². The third-order valence-electron chi connectivity index (χ3n) is 5.52. The Labute approximate surface area is 198 Å². The summed E-state index contributed by atoms with van der Waals surface area (Å²) in [6, 6.07) is 17.7. The van der Waals surface area contributed by atoms with E-state index in [1.807, 2.05) is 0 Å². The van der Waals surface area contributed by atoms with Gasteiger partial charge in [-0.05, 0) is 18.2 Å². The van der Waals surface area contributed by atoms with E-state index in [-0.39, 0.29) is 22.6 Å². The summed E-state index contributed by atoms with van der Waals surface area (Å²) in [5, 5.41) is 13.7. The van der Waals surface area contributed by atoms with Gasteiger partial charge in [-0.25, -0.2) is 4.79 Å². The molecule has 0 saturated heterocycles. The third kappa shape index (κ3) is 4.49. The van der Waals surface area contributed by atoms with Gasteiger partial charge in [0.2, 0.25) is 5.78 Å². The van der Waals surface area contributed by atoms with E-state index in [1.54, 1.807) is 30.3 Å². The highest BCUT2D eigenvalue weighted by Crippen LogP contribution is 2.38. The average molecular weight is 474 g/mol. The summed E-state index contributed by atoms with van der Waals surface area (Å²) >= 11 is 0. The fourth-order valence-electron chi connectivity index (χ4n) is 3.82. The molecule has 3 aromatic carbocycles. The van der Waals surface area contributed by atoms with Gasteiger partial charge in [0.05, 0.1) is 23.7 Å². The molecule has 0 radical (unpaired) electrons. The predicted molar refractivity (Wildman–Crippen MR) is 122 cm³/mol. The van der Waals surface area contributed by atoms with Crippen molar-refractivity contribution in [2.45, 2.75) is 6.10 Å². The summed E-state index contributed by atoms with van der Waals surface area (Å²) in [4.78, 5) is 62.8. The highest BCUT2D eigenvalue weighted by Gasteiger charge is 2.46. The number of anilines is 1. The van der Waals surface area contributed by atoms with Gasteiger partial charge in [-0.1, -0.05) is 48.5 Å². The number of carbonyl (C=O) groups excluding carboxylic acids is 4. The summed E-state index contributed by atoms with van der Waals surface area (Å²) in [6.07, 6.45) is -1.34. The Kier molecular flexibility index (Phi) is 6.36. The molecule has 0 unspecified atom stereocenters. The van der Waals surface area contributed by atoms with Crippen LogP contribution in [0.1, 0.15) is 32.4 Å². The third-order valence-corrected chi connectivity index (χ3v) is 5.52. The van der Waals surface area contributed by atoms with E-state index in [1.165, 1.54) is 43.5 Å². The van der Waals surface area contributed by atoms with E-state index >= 15 is 0 Å². The molecule has 1 aliphatic heterocycles. The topological polar surface area (TPSA) is 142 Å². The first-order valence-electron chi connectivity index (χ1n) is 10.4. The Morgan fingerprint density at radius 1 is 1.03 bits per heavy atom. The number of methoxy groups -OCH3 is 1. The number of carbonyl (C=O) groups is 4. The maximum absolute atomic E-state index is 13.4. The predicted octanol–water partition coefficient (Wildman–Crippen LogP) is 3.52. The van der Waals surface area contributed by atoms with Crippen molar-refractivity contribution in [2.75, 3.05) is 12.4 Å². The molecule has 4 rings (SSSR count). The van der Waals surface area contributed by atoms with Gasteiger partial charge >= 0.3 is 5.97 Å². The van der Waals surface area contributed by atoms with Crippen molar-refractivity contribution in [1.29, 1.82) is 0 Å². The van der Waals surface area contributed by atoms with E-state index in [4.69, 9.17) is 9.47 Å². The number of amides is 1. The van der Waals surface area contributed by atoms with Gasteiger partial charge < -0.3 is 14.8 Å². The highest BCUT2D eigenvalue weighted by atomic mass is 16.6. The largest absolute Gasteiger partial charge is 0.496 e. The molecule has 0 fully saturated rings. The molecule has 0 aromatic heterocycles. The highest BCUT2D eigenvalue weighted by molar-refractivity contribution is 6.45. The van der Waals surface area contributed by atoms with Crippen LogP contribution in [0.3, 0.4) is 0 Å². The monoisotopic (exact) mass is 474 g/mol. The Balaban J connectivity index is 1.71. The Morgan fingerprint density at radius 3 is 2.40 bits per heavy atom. The second-order valence-electron chi connectivity index (χ2n) is 7.58. The Bertz CT molecular complexity index is 1350. The molecule has 10 heteroatoms. The summed E-state index contributed by atoms with van der Waals surface area (Å²) < 4.78 is 10.3. The van der Waals surface area contributed by atoms with Crippen LogP contribution in [-0.4, -0.2) is 35.5 Å². The lowest BCUT2D eigenvalue weighted by atomic mass is 9.84. The lowest BCUT2D eigenvalue weighted by Gasteiger charge is -2.21. The minimum Gasteiger partial charge on any atom is -0.496 e. The number of nitro benzene ring substituents is 1. The molecule has 1 amide bonds. The molecule has 1 N–H and O–H groups in total. The van der Waals surface area contributed by atoms with Crippen molar-refractivity contribution in [3.63, 3.8) is 0 Å². The van der Waals surface area contributed by atoms with Crippen molar-refractivity contribution < 1.29 is 33.6 Å². The van der Waals surface area contributed by atoms with Crippen molar-refractivity contribution in [3.05, 3.63) is 99.6 Å². The van der Waals surface area contributed by atoms with Crippen LogP contribution < -0.4 is 10.1 Å². The fraction of sp³-hybridized carbons (Fsp3) is 0.120. The molecule has 176 valence electrons. The zero-order chi connectivity index (χ0) is 25.1. The fourth-order valence-corrected chi connectivity index (χ4v) is 3.82. The number of hydrogen-bond donors (Lipinski definition) is 1. The van der Waals surface area contributed by atoms with Gasteiger partial charge in [0, 0.05) is 11.1 Å². The number of Topliss-reactive ketones (excluding diaryl/α,β-unsaturated/α-hetero) is 2. The minimum absolute atomic E-state index is 0.134. The number of nitro groups is 1. The lowest BCUT2D eigenvalue weighted by molar-refractivity contribution is -0.384. The Morgan fingerprint density at radius 2 is 1.71 bits per heavy atom. The number of fused-ring (bicyclic) bond motifs is 1. The van der Waals surface area contributed by atoms with E-state index in [9.17, 15) is 29.3 Å². The molecule has 0 saturated carbocycles. The maximum Gasteiger partial charge on any atom is 0.339 e. The summed E-state index contributed by atoms with van der Waals surface area (Å²) in [7, 11) is 1.32. The molecular weight excluding hydrogens is 456 g/mol. The number of cyclic esters (lactones) is 1. The molecule has 1 aliphatic rings. The molecule has 0 bridgehead atoms.